The van der Waals surface area contributed by atoms with Gasteiger partial charge in [0.2, 0.25) is 11.8 Å². The molecule has 0 bridgehead atoms. The zero-order valence-corrected chi connectivity index (χ0v) is 22.3. The van der Waals surface area contributed by atoms with Crippen molar-refractivity contribution in [3.05, 3.63) is 99.0 Å². The second-order valence-electron chi connectivity index (χ2n) is 8.23. The second-order valence-corrected chi connectivity index (χ2v) is 9.48. The maximum Gasteiger partial charge on any atom is 0.243 e. The Hall–Kier alpha value is -2.73. The van der Waals surface area contributed by atoms with E-state index in [2.05, 4.69) is 5.32 Å². The van der Waals surface area contributed by atoms with E-state index in [1.165, 1.54) is 0 Å². The fraction of sp³-hybridized carbons (Fsp3) is 0.286. The minimum atomic E-state index is -0.732. The lowest BCUT2D eigenvalue weighted by molar-refractivity contribution is -0.141. The average molecular weight is 548 g/mol. The summed E-state index contributed by atoms with van der Waals surface area (Å²) in [4.78, 5) is 28.3. The van der Waals surface area contributed by atoms with Gasteiger partial charge >= 0.3 is 0 Å². The van der Waals surface area contributed by atoms with E-state index in [0.29, 0.717) is 52.4 Å². The van der Waals surface area contributed by atoms with Crippen LogP contribution in [0.1, 0.15) is 30.9 Å². The zero-order chi connectivity index (χ0) is 25.9. The lowest BCUT2D eigenvalue weighted by atomic mass is 10.0. The molecule has 1 N–H and O–H groups in total. The molecular weight excluding hydrogens is 519 g/mol. The number of halogens is 3. The van der Waals surface area contributed by atoms with Crippen LogP contribution in [-0.2, 0) is 22.6 Å². The number of nitrogens with zero attached hydrogens (tertiary/aromatic N) is 1. The Morgan fingerprint density at radius 1 is 0.917 bits per heavy atom. The van der Waals surface area contributed by atoms with E-state index in [0.717, 1.165) is 5.56 Å². The van der Waals surface area contributed by atoms with Crippen LogP contribution in [0.4, 0.5) is 0 Å². The summed E-state index contributed by atoms with van der Waals surface area (Å²) in [6, 6.07) is 21.1. The molecule has 1 atom stereocenters. The first-order valence-corrected chi connectivity index (χ1v) is 12.9. The summed E-state index contributed by atoms with van der Waals surface area (Å²) in [6.07, 6.45) is 1.03. The molecule has 0 fully saturated rings. The highest BCUT2D eigenvalue weighted by atomic mass is 35.5. The maximum atomic E-state index is 13.6. The molecule has 0 saturated carbocycles. The highest BCUT2D eigenvalue weighted by Gasteiger charge is 2.30. The first-order chi connectivity index (χ1) is 17.4. The molecule has 5 nitrogen and oxygen atoms in total. The van der Waals surface area contributed by atoms with Crippen LogP contribution in [0.15, 0.2) is 72.8 Å². The third-order valence-corrected chi connectivity index (χ3v) is 6.59. The third kappa shape index (κ3) is 8.16. The summed E-state index contributed by atoms with van der Waals surface area (Å²) >= 11 is 18.8. The fourth-order valence-corrected chi connectivity index (χ4v) is 4.43. The lowest BCUT2D eigenvalue weighted by Crippen LogP contribution is -2.50. The molecule has 0 saturated heterocycles. The van der Waals surface area contributed by atoms with Crippen LogP contribution in [0.2, 0.25) is 15.1 Å². The van der Waals surface area contributed by atoms with Crippen LogP contribution in [-0.4, -0.2) is 35.9 Å². The molecule has 0 radical (unpaired) electrons. The van der Waals surface area contributed by atoms with Gasteiger partial charge < -0.3 is 15.0 Å². The molecule has 0 spiro atoms. The van der Waals surface area contributed by atoms with E-state index in [9.17, 15) is 9.59 Å². The second kappa shape index (κ2) is 14.1. The maximum absolute atomic E-state index is 13.6. The fourth-order valence-electron chi connectivity index (χ4n) is 3.79. The van der Waals surface area contributed by atoms with Crippen LogP contribution < -0.4 is 10.1 Å². The standard InChI is InChI=1S/C28H29Cl3N2O3/c1-2-32-28(35)26(18-20-8-4-3-5-9-20)33(19-23-24(30)10-6-11-25(23)31)27(34)12-7-17-36-22-15-13-21(29)14-16-22/h3-6,8-11,13-16,26H,2,7,12,17-19H2,1H3,(H,32,35)/t26-/m0/s1. The molecular formula is C28H29Cl3N2O3. The number of nitrogens with one attached hydrogen (secondary N) is 1. The van der Waals surface area contributed by atoms with Gasteiger partial charge in [0.05, 0.1) is 6.61 Å². The third-order valence-electron chi connectivity index (χ3n) is 5.63. The number of carbonyl (C=O) groups excluding carboxylic acids is 2. The van der Waals surface area contributed by atoms with Crippen molar-refractivity contribution in [1.82, 2.24) is 10.2 Å². The van der Waals surface area contributed by atoms with Crippen LogP contribution in [0.25, 0.3) is 0 Å². The number of hydrogen-bond donors (Lipinski definition) is 1. The number of rotatable bonds is 12. The number of hydrogen-bond acceptors (Lipinski definition) is 3. The minimum Gasteiger partial charge on any atom is -0.494 e. The molecule has 0 aliphatic carbocycles. The minimum absolute atomic E-state index is 0.115. The monoisotopic (exact) mass is 546 g/mol. The Balaban J connectivity index is 1.81. The van der Waals surface area contributed by atoms with E-state index in [-0.39, 0.29) is 24.8 Å². The molecule has 3 aromatic carbocycles. The van der Waals surface area contributed by atoms with Crippen molar-refractivity contribution >= 4 is 46.6 Å². The number of carbonyl (C=O) groups is 2. The summed E-state index contributed by atoms with van der Waals surface area (Å²) in [5.41, 5.74) is 1.55. The summed E-state index contributed by atoms with van der Waals surface area (Å²) in [5.74, 6) is 0.268. The summed E-state index contributed by atoms with van der Waals surface area (Å²) < 4.78 is 5.74. The average Bonchev–Trinajstić information content (AvgIpc) is 2.87. The summed E-state index contributed by atoms with van der Waals surface area (Å²) in [7, 11) is 0. The molecule has 8 heteroatoms. The lowest BCUT2D eigenvalue weighted by Gasteiger charge is -2.32. The number of likely N-dealkylation sites (N-methyl/N-ethyl adjacent to an activating group) is 1. The van der Waals surface area contributed by atoms with Gasteiger partial charge in [-0.15, -0.1) is 0 Å². The van der Waals surface area contributed by atoms with E-state index in [1.807, 2.05) is 37.3 Å². The van der Waals surface area contributed by atoms with Crippen LogP contribution in [0, 0.1) is 0 Å². The predicted molar refractivity (Wildman–Crippen MR) is 146 cm³/mol. The van der Waals surface area contributed by atoms with Crippen molar-refractivity contribution in [2.75, 3.05) is 13.2 Å². The molecule has 36 heavy (non-hydrogen) atoms. The van der Waals surface area contributed by atoms with E-state index in [4.69, 9.17) is 39.5 Å². The molecule has 0 aliphatic rings. The SMILES string of the molecule is CCNC(=O)[C@H](Cc1ccccc1)N(Cc1c(Cl)cccc1Cl)C(=O)CCCOc1ccc(Cl)cc1. The smallest absolute Gasteiger partial charge is 0.243 e. The topological polar surface area (TPSA) is 58.6 Å². The van der Waals surface area contributed by atoms with Crippen molar-refractivity contribution < 1.29 is 14.3 Å². The van der Waals surface area contributed by atoms with E-state index in [1.54, 1.807) is 47.4 Å². The van der Waals surface area contributed by atoms with E-state index < -0.39 is 6.04 Å². The van der Waals surface area contributed by atoms with Gasteiger partial charge in [0.25, 0.3) is 0 Å². The van der Waals surface area contributed by atoms with Crippen molar-refractivity contribution in [1.29, 1.82) is 0 Å². The molecule has 2 amide bonds. The number of ether oxygens (including phenoxy) is 1. The van der Waals surface area contributed by atoms with Gasteiger partial charge in [0.15, 0.2) is 0 Å². The van der Waals surface area contributed by atoms with Crippen molar-refractivity contribution in [2.45, 2.75) is 38.8 Å². The molecule has 0 aliphatic heterocycles. The quantitative estimate of drug-likeness (QED) is 0.261. The first-order valence-electron chi connectivity index (χ1n) is 11.8. The van der Waals surface area contributed by atoms with Gasteiger partial charge in [-0.1, -0.05) is 71.2 Å². The van der Waals surface area contributed by atoms with Gasteiger partial charge in [0.1, 0.15) is 11.8 Å². The number of benzene rings is 3. The highest BCUT2D eigenvalue weighted by Crippen LogP contribution is 2.27. The van der Waals surface area contributed by atoms with Crippen molar-refractivity contribution in [3.8, 4) is 5.75 Å². The van der Waals surface area contributed by atoms with Crippen LogP contribution in [0.3, 0.4) is 0 Å². The Morgan fingerprint density at radius 3 is 2.22 bits per heavy atom. The van der Waals surface area contributed by atoms with Gasteiger partial charge in [0, 0.05) is 46.6 Å². The number of amides is 2. The van der Waals surface area contributed by atoms with Crippen LogP contribution >= 0.6 is 34.8 Å². The Kier molecular flexibility index (Phi) is 10.9. The Labute approximate surface area is 227 Å². The molecule has 0 heterocycles. The zero-order valence-electron chi connectivity index (χ0n) is 20.1. The van der Waals surface area contributed by atoms with Gasteiger partial charge in [-0.2, -0.15) is 0 Å². The largest absolute Gasteiger partial charge is 0.494 e. The molecule has 0 aromatic heterocycles. The molecule has 3 aromatic rings. The normalized spacial score (nSPS) is 11.6. The molecule has 0 unspecified atom stereocenters. The van der Waals surface area contributed by atoms with Gasteiger partial charge in [-0.05, 0) is 55.3 Å². The molecule has 190 valence electrons. The van der Waals surface area contributed by atoms with Gasteiger partial charge in [-0.25, -0.2) is 0 Å². The Morgan fingerprint density at radius 2 is 1.58 bits per heavy atom. The first kappa shape index (κ1) is 27.9. The summed E-state index contributed by atoms with van der Waals surface area (Å²) in [6.45, 7) is 2.76. The van der Waals surface area contributed by atoms with Crippen LogP contribution in [0.5, 0.6) is 5.75 Å². The van der Waals surface area contributed by atoms with Crippen molar-refractivity contribution in [2.24, 2.45) is 0 Å². The van der Waals surface area contributed by atoms with Crippen molar-refractivity contribution in [3.63, 3.8) is 0 Å². The summed E-state index contributed by atoms with van der Waals surface area (Å²) in [5, 5.41) is 4.39. The predicted octanol–water partition coefficient (Wildman–Crippen LogP) is 6.58. The van der Waals surface area contributed by atoms with Gasteiger partial charge in [-0.3, -0.25) is 9.59 Å². The Bertz CT molecular complexity index is 1120. The highest BCUT2D eigenvalue weighted by molar-refractivity contribution is 6.36. The van der Waals surface area contributed by atoms with E-state index >= 15 is 0 Å². The molecule has 3 rings (SSSR count).